The highest BCUT2D eigenvalue weighted by Gasteiger charge is 2.46. The molecule has 2 bridgehead atoms. The summed E-state index contributed by atoms with van der Waals surface area (Å²) < 4.78 is 0. The molecule has 1 aliphatic heterocycles. The summed E-state index contributed by atoms with van der Waals surface area (Å²) in [6.07, 6.45) is 6.35. The molecular formula is C18H26N2OS. The maximum atomic E-state index is 12.6. The van der Waals surface area contributed by atoms with Gasteiger partial charge in [0.15, 0.2) is 0 Å². The van der Waals surface area contributed by atoms with Crippen molar-refractivity contribution in [1.29, 1.82) is 0 Å². The number of hydrogen-bond donors (Lipinski definition) is 1. The van der Waals surface area contributed by atoms with Crippen LogP contribution in [0.1, 0.15) is 30.6 Å². The van der Waals surface area contributed by atoms with E-state index in [2.05, 4.69) is 27.7 Å². The predicted octanol–water partition coefficient (Wildman–Crippen LogP) is 2.77. The number of fused-ring (bicyclic) bond motifs is 2. The summed E-state index contributed by atoms with van der Waals surface area (Å²) in [6.45, 7) is 4.41. The van der Waals surface area contributed by atoms with E-state index in [4.69, 9.17) is 0 Å². The summed E-state index contributed by atoms with van der Waals surface area (Å²) >= 11 is 1.78. The van der Waals surface area contributed by atoms with E-state index in [1.165, 1.54) is 37.1 Å². The molecule has 2 unspecified atom stereocenters. The number of amides is 1. The molecule has 2 atom stereocenters. The zero-order chi connectivity index (χ0) is 14.9. The van der Waals surface area contributed by atoms with E-state index in [0.29, 0.717) is 23.7 Å². The molecule has 3 aliphatic rings. The minimum Gasteiger partial charge on any atom is -0.355 e. The van der Waals surface area contributed by atoms with Crippen LogP contribution in [0.5, 0.6) is 0 Å². The molecule has 4 rings (SSSR count). The van der Waals surface area contributed by atoms with Crippen LogP contribution in [0.15, 0.2) is 17.5 Å². The second-order valence-corrected chi connectivity index (χ2v) is 8.44. The molecule has 1 aromatic rings. The first-order valence-electron chi connectivity index (χ1n) is 8.82. The molecule has 2 aliphatic carbocycles. The van der Waals surface area contributed by atoms with Crippen molar-refractivity contribution in [2.75, 3.05) is 26.2 Å². The van der Waals surface area contributed by atoms with E-state index in [0.717, 1.165) is 32.0 Å². The Morgan fingerprint density at radius 2 is 2.00 bits per heavy atom. The third kappa shape index (κ3) is 3.23. The Balaban J connectivity index is 1.28. The van der Waals surface area contributed by atoms with Crippen molar-refractivity contribution in [2.24, 2.45) is 23.7 Å². The Kier molecular flexibility index (Phi) is 4.23. The van der Waals surface area contributed by atoms with Gasteiger partial charge in [-0.3, -0.25) is 4.79 Å². The number of carbonyl (C=O) groups excluding carboxylic acids is 1. The number of hydrogen-bond acceptors (Lipinski definition) is 3. The summed E-state index contributed by atoms with van der Waals surface area (Å²) in [5.74, 6) is 2.81. The average molecular weight is 318 g/mol. The number of carbonyl (C=O) groups is 1. The number of piperidine rings is 1. The van der Waals surface area contributed by atoms with Crippen LogP contribution in [0.2, 0.25) is 0 Å². The number of rotatable bonds is 6. The Labute approximate surface area is 137 Å². The molecule has 1 aromatic heterocycles. The second kappa shape index (κ2) is 6.32. The number of likely N-dealkylation sites (tertiary alicyclic amines) is 1. The van der Waals surface area contributed by atoms with Gasteiger partial charge in [0.2, 0.25) is 5.91 Å². The lowest BCUT2D eigenvalue weighted by atomic mass is 9.84. The fraction of sp³-hybridized carbons (Fsp3) is 0.722. The minimum absolute atomic E-state index is 0.291. The fourth-order valence-electron chi connectivity index (χ4n) is 4.44. The van der Waals surface area contributed by atoms with Gasteiger partial charge in [0.05, 0.1) is 0 Å². The maximum absolute atomic E-state index is 12.6. The lowest BCUT2D eigenvalue weighted by molar-refractivity contribution is -0.129. The Morgan fingerprint density at radius 3 is 2.64 bits per heavy atom. The monoisotopic (exact) mass is 318 g/mol. The molecule has 1 amide bonds. The average Bonchev–Trinajstić information content (AvgIpc) is 3.07. The fourth-order valence-corrected chi connectivity index (χ4v) is 5.15. The Morgan fingerprint density at radius 1 is 1.23 bits per heavy atom. The van der Waals surface area contributed by atoms with Gasteiger partial charge in [-0.25, -0.2) is 0 Å². The highest BCUT2D eigenvalue weighted by atomic mass is 32.1. The molecule has 0 spiro atoms. The molecule has 120 valence electrons. The number of thiophene rings is 1. The van der Waals surface area contributed by atoms with E-state index in [1.807, 2.05) is 0 Å². The van der Waals surface area contributed by atoms with Crippen molar-refractivity contribution in [2.45, 2.75) is 32.1 Å². The van der Waals surface area contributed by atoms with Gasteiger partial charge in [-0.05, 0) is 61.3 Å². The molecule has 4 heteroatoms. The molecule has 0 radical (unpaired) electrons. The zero-order valence-corrected chi connectivity index (χ0v) is 14.0. The summed E-state index contributed by atoms with van der Waals surface area (Å²) in [6, 6.07) is 4.23. The standard InChI is InChI=1S/C18H26N2OS/c21-18(19-8-7-16-2-1-9-22-16)17-14-5-6-15(17)12-20(11-14)10-13-3-4-13/h1-2,9,13-15,17H,3-8,10-12H2,(H,19,21). The van der Waals surface area contributed by atoms with Gasteiger partial charge in [-0.2, -0.15) is 0 Å². The van der Waals surface area contributed by atoms with Crippen molar-refractivity contribution in [3.05, 3.63) is 22.4 Å². The Bertz CT molecular complexity index is 497. The van der Waals surface area contributed by atoms with Crippen LogP contribution in [0.25, 0.3) is 0 Å². The summed E-state index contributed by atoms with van der Waals surface area (Å²) in [5.41, 5.74) is 0. The van der Waals surface area contributed by atoms with Gasteiger partial charge in [-0.15, -0.1) is 11.3 Å². The SMILES string of the molecule is O=C(NCCc1cccs1)C1C2CCC1CN(CC1CC1)C2. The first kappa shape index (κ1) is 14.7. The van der Waals surface area contributed by atoms with Crippen molar-refractivity contribution >= 4 is 17.2 Å². The van der Waals surface area contributed by atoms with Crippen LogP contribution < -0.4 is 5.32 Å². The lowest BCUT2D eigenvalue weighted by Gasteiger charge is -2.37. The van der Waals surface area contributed by atoms with Gasteiger partial charge in [0.1, 0.15) is 0 Å². The van der Waals surface area contributed by atoms with Crippen molar-refractivity contribution < 1.29 is 4.79 Å². The first-order valence-corrected chi connectivity index (χ1v) is 9.70. The van der Waals surface area contributed by atoms with Gasteiger partial charge in [0, 0.05) is 37.0 Å². The number of nitrogens with zero attached hydrogens (tertiary/aromatic N) is 1. The molecule has 2 saturated carbocycles. The highest BCUT2D eigenvalue weighted by Crippen LogP contribution is 2.43. The normalized spacial score (nSPS) is 31.4. The van der Waals surface area contributed by atoms with Crippen LogP contribution >= 0.6 is 11.3 Å². The molecule has 0 aromatic carbocycles. The molecular weight excluding hydrogens is 292 g/mol. The predicted molar refractivity (Wildman–Crippen MR) is 89.9 cm³/mol. The molecule has 1 saturated heterocycles. The van der Waals surface area contributed by atoms with Gasteiger partial charge in [0.25, 0.3) is 0 Å². The highest BCUT2D eigenvalue weighted by molar-refractivity contribution is 7.09. The van der Waals surface area contributed by atoms with E-state index >= 15 is 0 Å². The van der Waals surface area contributed by atoms with Crippen molar-refractivity contribution in [3.63, 3.8) is 0 Å². The third-order valence-corrected chi connectivity index (χ3v) is 6.61. The summed E-state index contributed by atoms with van der Waals surface area (Å²) in [5, 5.41) is 5.31. The van der Waals surface area contributed by atoms with Gasteiger partial charge in [-0.1, -0.05) is 6.07 Å². The van der Waals surface area contributed by atoms with Crippen molar-refractivity contribution in [1.82, 2.24) is 10.2 Å². The second-order valence-electron chi connectivity index (χ2n) is 7.41. The number of nitrogens with one attached hydrogen (secondary N) is 1. The minimum atomic E-state index is 0.291. The topological polar surface area (TPSA) is 32.3 Å². The molecule has 2 heterocycles. The van der Waals surface area contributed by atoms with Gasteiger partial charge < -0.3 is 10.2 Å². The molecule has 22 heavy (non-hydrogen) atoms. The zero-order valence-electron chi connectivity index (χ0n) is 13.2. The van der Waals surface area contributed by atoms with Crippen LogP contribution in [-0.4, -0.2) is 37.0 Å². The van der Waals surface area contributed by atoms with Crippen LogP contribution in [-0.2, 0) is 11.2 Å². The van der Waals surface area contributed by atoms with E-state index < -0.39 is 0 Å². The molecule has 3 nitrogen and oxygen atoms in total. The maximum Gasteiger partial charge on any atom is 0.223 e. The first-order chi connectivity index (χ1) is 10.8. The molecule has 3 fully saturated rings. The van der Waals surface area contributed by atoms with Crippen molar-refractivity contribution in [3.8, 4) is 0 Å². The van der Waals surface area contributed by atoms with Crippen LogP contribution in [0.4, 0.5) is 0 Å². The Hall–Kier alpha value is -0.870. The summed E-state index contributed by atoms with van der Waals surface area (Å²) in [4.78, 5) is 16.6. The molecule has 1 N–H and O–H groups in total. The summed E-state index contributed by atoms with van der Waals surface area (Å²) in [7, 11) is 0. The van der Waals surface area contributed by atoms with E-state index in [1.54, 1.807) is 11.3 Å². The van der Waals surface area contributed by atoms with E-state index in [-0.39, 0.29) is 0 Å². The smallest absolute Gasteiger partial charge is 0.223 e. The van der Waals surface area contributed by atoms with Crippen LogP contribution in [0, 0.1) is 23.7 Å². The van der Waals surface area contributed by atoms with E-state index in [9.17, 15) is 4.79 Å². The lowest BCUT2D eigenvalue weighted by Crippen LogP contribution is -2.48. The van der Waals surface area contributed by atoms with Gasteiger partial charge >= 0.3 is 0 Å². The largest absolute Gasteiger partial charge is 0.355 e. The quantitative estimate of drug-likeness (QED) is 0.875. The third-order valence-electron chi connectivity index (χ3n) is 5.68. The van der Waals surface area contributed by atoms with Crippen LogP contribution in [0.3, 0.4) is 0 Å².